The van der Waals surface area contributed by atoms with E-state index in [2.05, 4.69) is 21.4 Å². The number of fused-ring (bicyclic) bond motifs is 1. The third-order valence-electron chi connectivity index (χ3n) is 4.77. The highest BCUT2D eigenvalue weighted by Crippen LogP contribution is 2.37. The molecule has 4 rings (SSSR count). The van der Waals surface area contributed by atoms with Crippen molar-refractivity contribution in [1.29, 1.82) is 5.26 Å². The van der Waals surface area contributed by atoms with E-state index in [1.165, 1.54) is 37.2 Å². The van der Waals surface area contributed by atoms with Crippen molar-refractivity contribution in [1.82, 2.24) is 14.5 Å². The van der Waals surface area contributed by atoms with Gasteiger partial charge in [0.05, 0.1) is 28.4 Å². The standard InChI is InChI=1S/C23H19ClFN5O2S/c1-30-6-5-27-23(30)33-21-4-3-15(9-17(21)24)29-22-14(12-26)13-28-19-11-18(25)20(10-16(19)22)32-8-7-31-2/h3-6,9-11,13H,7-8H2,1-2H3,(H,28,29). The maximum Gasteiger partial charge on any atom is 0.172 e. The second kappa shape index (κ2) is 10.1. The number of halogens is 2. The number of nitriles is 1. The normalized spacial score (nSPS) is 10.9. The fourth-order valence-corrected chi connectivity index (χ4v) is 4.22. The van der Waals surface area contributed by atoms with Gasteiger partial charge in [-0.1, -0.05) is 23.4 Å². The molecule has 0 bridgehead atoms. The molecule has 2 heterocycles. The Hall–Kier alpha value is -3.32. The summed E-state index contributed by atoms with van der Waals surface area (Å²) in [4.78, 5) is 9.35. The molecular formula is C23H19ClFN5O2S. The van der Waals surface area contributed by atoms with Crippen molar-refractivity contribution in [3.8, 4) is 11.8 Å². The number of aromatic nitrogens is 3. The van der Waals surface area contributed by atoms with E-state index in [1.54, 1.807) is 12.3 Å². The number of benzene rings is 2. The summed E-state index contributed by atoms with van der Waals surface area (Å²) in [6, 6.07) is 10.4. The van der Waals surface area contributed by atoms with Crippen LogP contribution in [0.15, 0.2) is 59.0 Å². The molecule has 0 saturated heterocycles. The van der Waals surface area contributed by atoms with Crippen molar-refractivity contribution >= 4 is 45.6 Å². The number of pyridine rings is 1. The lowest BCUT2D eigenvalue weighted by Gasteiger charge is -2.14. The number of anilines is 2. The van der Waals surface area contributed by atoms with E-state index in [1.807, 2.05) is 29.9 Å². The van der Waals surface area contributed by atoms with Crippen molar-refractivity contribution in [2.24, 2.45) is 7.05 Å². The van der Waals surface area contributed by atoms with Crippen LogP contribution in [-0.4, -0.2) is 34.9 Å². The lowest BCUT2D eigenvalue weighted by atomic mass is 10.1. The molecule has 10 heteroatoms. The maximum absolute atomic E-state index is 14.5. The van der Waals surface area contributed by atoms with Gasteiger partial charge in [0.25, 0.3) is 0 Å². The number of imidazole rings is 1. The molecule has 168 valence electrons. The lowest BCUT2D eigenvalue weighted by Crippen LogP contribution is -2.06. The van der Waals surface area contributed by atoms with Crippen LogP contribution in [0.4, 0.5) is 15.8 Å². The first-order valence-electron chi connectivity index (χ1n) is 9.86. The first-order chi connectivity index (χ1) is 16.0. The molecule has 0 unspecified atom stereocenters. The zero-order chi connectivity index (χ0) is 23.4. The largest absolute Gasteiger partial charge is 0.488 e. The minimum Gasteiger partial charge on any atom is -0.488 e. The zero-order valence-electron chi connectivity index (χ0n) is 17.8. The number of aryl methyl sites for hydroxylation is 1. The minimum absolute atomic E-state index is 0.0549. The maximum atomic E-state index is 14.5. The predicted molar refractivity (Wildman–Crippen MR) is 126 cm³/mol. The minimum atomic E-state index is -0.541. The molecule has 0 fully saturated rings. The molecular weight excluding hydrogens is 465 g/mol. The fourth-order valence-electron chi connectivity index (χ4n) is 3.11. The summed E-state index contributed by atoms with van der Waals surface area (Å²) >= 11 is 7.96. The Bertz CT molecular complexity index is 1350. The zero-order valence-corrected chi connectivity index (χ0v) is 19.4. The molecule has 7 nitrogen and oxygen atoms in total. The van der Waals surface area contributed by atoms with Gasteiger partial charge in [-0.25, -0.2) is 9.37 Å². The second-order valence-corrected chi connectivity index (χ2v) is 8.41. The highest BCUT2D eigenvalue weighted by molar-refractivity contribution is 7.99. The highest BCUT2D eigenvalue weighted by atomic mass is 35.5. The lowest BCUT2D eigenvalue weighted by molar-refractivity contribution is 0.144. The average Bonchev–Trinajstić information content (AvgIpc) is 3.21. The molecule has 0 saturated carbocycles. The number of hydrogen-bond donors (Lipinski definition) is 1. The van der Waals surface area contributed by atoms with Crippen molar-refractivity contribution in [2.75, 3.05) is 25.6 Å². The van der Waals surface area contributed by atoms with Crippen LogP contribution in [0, 0.1) is 17.1 Å². The molecule has 4 aromatic rings. The molecule has 0 aliphatic carbocycles. The van der Waals surface area contributed by atoms with Crippen molar-refractivity contribution < 1.29 is 13.9 Å². The number of ether oxygens (including phenoxy) is 2. The molecule has 2 aromatic heterocycles. The van der Waals surface area contributed by atoms with Crippen LogP contribution in [0.25, 0.3) is 10.9 Å². The van der Waals surface area contributed by atoms with E-state index in [0.29, 0.717) is 39.5 Å². The van der Waals surface area contributed by atoms with E-state index in [4.69, 9.17) is 21.1 Å². The number of rotatable bonds is 8. The van der Waals surface area contributed by atoms with Crippen molar-refractivity contribution in [2.45, 2.75) is 10.1 Å². The van der Waals surface area contributed by atoms with Gasteiger partial charge in [0.1, 0.15) is 12.7 Å². The summed E-state index contributed by atoms with van der Waals surface area (Å²) in [5.41, 5.74) is 1.85. The van der Waals surface area contributed by atoms with Gasteiger partial charge in [0.2, 0.25) is 0 Å². The van der Waals surface area contributed by atoms with Crippen LogP contribution in [0.2, 0.25) is 5.02 Å². The number of nitrogens with one attached hydrogen (secondary N) is 1. The fraction of sp³-hybridized carbons (Fsp3) is 0.174. The van der Waals surface area contributed by atoms with Crippen LogP contribution in [0.1, 0.15) is 5.56 Å². The number of methoxy groups -OCH3 is 1. The Labute approximate surface area is 199 Å². The van der Waals surface area contributed by atoms with E-state index in [0.717, 1.165) is 10.1 Å². The van der Waals surface area contributed by atoms with Gasteiger partial charge in [-0.3, -0.25) is 4.98 Å². The van der Waals surface area contributed by atoms with E-state index in [9.17, 15) is 9.65 Å². The van der Waals surface area contributed by atoms with Gasteiger partial charge in [-0.15, -0.1) is 0 Å². The molecule has 1 N–H and O–H groups in total. The van der Waals surface area contributed by atoms with Gasteiger partial charge in [0.15, 0.2) is 16.7 Å². The number of hydrogen-bond acceptors (Lipinski definition) is 7. The Morgan fingerprint density at radius 2 is 2.09 bits per heavy atom. The van der Waals surface area contributed by atoms with Gasteiger partial charge in [-0.05, 0) is 24.3 Å². The Kier molecular flexibility index (Phi) is 6.99. The van der Waals surface area contributed by atoms with E-state index >= 15 is 0 Å². The Balaban J connectivity index is 1.68. The first-order valence-corrected chi connectivity index (χ1v) is 11.1. The predicted octanol–water partition coefficient (Wildman–Crippen LogP) is 5.55. The van der Waals surface area contributed by atoms with Crippen LogP contribution in [-0.2, 0) is 11.8 Å². The van der Waals surface area contributed by atoms with Crippen LogP contribution >= 0.6 is 23.4 Å². The van der Waals surface area contributed by atoms with Crippen molar-refractivity contribution in [3.63, 3.8) is 0 Å². The summed E-state index contributed by atoms with van der Waals surface area (Å²) in [5, 5.41) is 14.8. The van der Waals surface area contributed by atoms with Gasteiger partial charge < -0.3 is 19.4 Å². The van der Waals surface area contributed by atoms with Gasteiger partial charge in [-0.2, -0.15) is 5.26 Å². The quantitative estimate of drug-likeness (QED) is 0.329. The summed E-state index contributed by atoms with van der Waals surface area (Å²) in [6.07, 6.45) is 4.99. The molecule has 0 radical (unpaired) electrons. The SMILES string of the molecule is COCCOc1cc2c(Nc3ccc(Sc4nccn4C)c(Cl)c3)c(C#N)cnc2cc1F. The van der Waals surface area contributed by atoms with Crippen LogP contribution in [0.5, 0.6) is 5.75 Å². The van der Waals surface area contributed by atoms with E-state index in [-0.39, 0.29) is 12.4 Å². The third-order valence-corrected chi connectivity index (χ3v) is 6.34. The van der Waals surface area contributed by atoms with E-state index < -0.39 is 5.82 Å². The summed E-state index contributed by atoms with van der Waals surface area (Å²) in [7, 11) is 3.45. The summed E-state index contributed by atoms with van der Waals surface area (Å²) in [5.74, 6) is -0.486. The van der Waals surface area contributed by atoms with Crippen LogP contribution < -0.4 is 10.1 Å². The van der Waals surface area contributed by atoms with Crippen molar-refractivity contribution in [3.05, 3.63) is 65.3 Å². The number of nitrogens with zero attached hydrogens (tertiary/aromatic N) is 4. The van der Waals surface area contributed by atoms with Gasteiger partial charge >= 0.3 is 0 Å². The Morgan fingerprint density at radius 1 is 1.24 bits per heavy atom. The second-order valence-electron chi connectivity index (χ2n) is 6.99. The molecule has 2 aromatic carbocycles. The monoisotopic (exact) mass is 483 g/mol. The molecule has 0 aliphatic heterocycles. The summed E-state index contributed by atoms with van der Waals surface area (Å²) < 4.78 is 26.8. The first kappa shape index (κ1) is 22.9. The van der Waals surface area contributed by atoms with Crippen LogP contribution in [0.3, 0.4) is 0 Å². The molecule has 33 heavy (non-hydrogen) atoms. The average molecular weight is 484 g/mol. The van der Waals surface area contributed by atoms with Gasteiger partial charge in [0, 0.05) is 54.8 Å². The molecule has 0 amide bonds. The summed E-state index contributed by atoms with van der Waals surface area (Å²) in [6.45, 7) is 0.512. The molecule has 0 aliphatic rings. The smallest absolute Gasteiger partial charge is 0.172 e. The molecule has 0 atom stereocenters. The Morgan fingerprint density at radius 3 is 2.79 bits per heavy atom. The third kappa shape index (κ3) is 5.03. The molecule has 0 spiro atoms. The topological polar surface area (TPSA) is 85.0 Å². The highest BCUT2D eigenvalue weighted by Gasteiger charge is 2.15.